The number of aliphatic carboxylic acids is 1. The number of rotatable bonds is 4. The van der Waals surface area contributed by atoms with E-state index in [2.05, 4.69) is 0 Å². The first-order valence-corrected chi connectivity index (χ1v) is 4.17. The monoisotopic (exact) mass is 214 g/mol. The fourth-order valence-electron chi connectivity index (χ4n) is 1.19. The summed E-state index contributed by atoms with van der Waals surface area (Å²) in [4.78, 5) is 20.5. The molecule has 0 aliphatic heterocycles. The van der Waals surface area contributed by atoms with Crippen molar-refractivity contribution in [3.8, 4) is 0 Å². The van der Waals surface area contributed by atoms with Crippen LogP contribution in [0.2, 0.25) is 0 Å². The van der Waals surface area contributed by atoms with Gasteiger partial charge in [0.1, 0.15) is 17.9 Å². The van der Waals surface area contributed by atoms with Crippen molar-refractivity contribution in [1.29, 1.82) is 0 Å². The standard InChI is InChI=1S/C10H8F2O3/c11-8-5-9(12)7(4-10(14)15)3-6(8)1-2-13/h2-3,5H,1,4H2,(H,14,15). The van der Waals surface area contributed by atoms with E-state index in [0.717, 1.165) is 6.07 Å². The molecule has 0 bridgehead atoms. The quantitative estimate of drug-likeness (QED) is 0.769. The lowest BCUT2D eigenvalue weighted by atomic mass is 10.1. The van der Waals surface area contributed by atoms with Crippen molar-refractivity contribution in [2.24, 2.45) is 0 Å². The molecule has 0 spiro atoms. The first-order valence-electron chi connectivity index (χ1n) is 4.17. The average molecular weight is 214 g/mol. The number of aldehydes is 1. The number of halogens is 2. The molecule has 0 atom stereocenters. The summed E-state index contributed by atoms with van der Waals surface area (Å²) in [6, 6.07) is 1.66. The smallest absolute Gasteiger partial charge is 0.307 e. The molecule has 1 N–H and O–H groups in total. The summed E-state index contributed by atoms with van der Waals surface area (Å²) < 4.78 is 26.0. The lowest BCUT2D eigenvalue weighted by Gasteiger charge is -2.04. The highest BCUT2D eigenvalue weighted by molar-refractivity contribution is 5.70. The zero-order valence-corrected chi connectivity index (χ0v) is 7.67. The Kier molecular flexibility index (Phi) is 3.49. The van der Waals surface area contributed by atoms with E-state index in [1.54, 1.807) is 0 Å². The third-order valence-electron chi connectivity index (χ3n) is 1.86. The van der Waals surface area contributed by atoms with Crippen LogP contribution in [0, 0.1) is 11.6 Å². The van der Waals surface area contributed by atoms with Gasteiger partial charge in [0, 0.05) is 12.5 Å². The summed E-state index contributed by atoms with van der Waals surface area (Å²) in [7, 11) is 0. The highest BCUT2D eigenvalue weighted by Crippen LogP contribution is 2.15. The SMILES string of the molecule is O=CCc1cc(CC(=O)O)c(F)cc1F. The lowest BCUT2D eigenvalue weighted by Crippen LogP contribution is -2.05. The summed E-state index contributed by atoms with van der Waals surface area (Å²) in [6.45, 7) is 0. The predicted molar refractivity (Wildman–Crippen MR) is 47.5 cm³/mol. The van der Waals surface area contributed by atoms with Crippen LogP contribution in [-0.2, 0) is 22.4 Å². The molecule has 3 nitrogen and oxygen atoms in total. The summed E-state index contributed by atoms with van der Waals surface area (Å²) in [6.07, 6.45) is -0.252. The fourth-order valence-corrected chi connectivity index (χ4v) is 1.19. The van der Waals surface area contributed by atoms with Crippen LogP contribution in [0.5, 0.6) is 0 Å². The Bertz CT molecular complexity index is 402. The van der Waals surface area contributed by atoms with Crippen molar-refractivity contribution >= 4 is 12.3 Å². The van der Waals surface area contributed by atoms with Crippen LogP contribution in [0.3, 0.4) is 0 Å². The van der Waals surface area contributed by atoms with E-state index >= 15 is 0 Å². The number of carboxylic acids is 1. The average Bonchev–Trinajstić information content (AvgIpc) is 2.12. The molecule has 0 unspecified atom stereocenters. The molecule has 5 heteroatoms. The minimum absolute atomic E-state index is 0.00245. The van der Waals surface area contributed by atoms with Gasteiger partial charge in [-0.3, -0.25) is 4.79 Å². The first kappa shape index (κ1) is 11.3. The van der Waals surface area contributed by atoms with Gasteiger partial charge < -0.3 is 9.90 Å². The maximum absolute atomic E-state index is 13.0. The van der Waals surface area contributed by atoms with Crippen LogP contribution in [0.25, 0.3) is 0 Å². The van der Waals surface area contributed by atoms with Crippen LogP contribution in [0.1, 0.15) is 11.1 Å². The molecule has 0 saturated carbocycles. The molecule has 1 rings (SSSR count). The summed E-state index contributed by atoms with van der Waals surface area (Å²) in [5.74, 6) is -2.96. The van der Waals surface area contributed by atoms with Gasteiger partial charge in [-0.15, -0.1) is 0 Å². The van der Waals surface area contributed by atoms with Crippen molar-refractivity contribution < 1.29 is 23.5 Å². The third-order valence-corrected chi connectivity index (χ3v) is 1.86. The van der Waals surface area contributed by atoms with Gasteiger partial charge in [0.25, 0.3) is 0 Å². The molecule has 1 aromatic rings. The van der Waals surface area contributed by atoms with E-state index in [1.165, 1.54) is 0 Å². The Labute approximate surface area is 84.3 Å². The topological polar surface area (TPSA) is 54.4 Å². The number of carboxylic acid groups (broad SMARTS) is 1. The lowest BCUT2D eigenvalue weighted by molar-refractivity contribution is -0.136. The normalized spacial score (nSPS) is 10.0. The molecule has 0 heterocycles. The molecule has 0 amide bonds. The zero-order chi connectivity index (χ0) is 11.4. The molecular weight excluding hydrogens is 206 g/mol. The maximum atomic E-state index is 13.0. The van der Waals surface area contributed by atoms with Gasteiger partial charge in [0.2, 0.25) is 0 Å². The van der Waals surface area contributed by atoms with Gasteiger partial charge in [-0.2, -0.15) is 0 Å². The van der Waals surface area contributed by atoms with E-state index in [-0.39, 0.29) is 17.5 Å². The number of hydrogen-bond acceptors (Lipinski definition) is 2. The van der Waals surface area contributed by atoms with E-state index in [9.17, 15) is 18.4 Å². The third kappa shape index (κ3) is 2.83. The summed E-state index contributed by atoms with van der Waals surface area (Å²) in [5.41, 5.74) is -0.122. The second-order valence-electron chi connectivity index (χ2n) is 2.98. The van der Waals surface area contributed by atoms with Crippen molar-refractivity contribution in [2.45, 2.75) is 12.8 Å². The van der Waals surface area contributed by atoms with Crippen LogP contribution in [0.4, 0.5) is 8.78 Å². The zero-order valence-electron chi connectivity index (χ0n) is 7.67. The number of hydrogen-bond donors (Lipinski definition) is 1. The van der Waals surface area contributed by atoms with E-state index in [0.29, 0.717) is 12.4 Å². The van der Waals surface area contributed by atoms with Crippen LogP contribution in [-0.4, -0.2) is 17.4 Å². The molecule has 15 heavy (non-hydrogen) atoms. The number of benzene rings is 1. The molecule has 0 saturated heterocycles. The summed E-state index contributed by atoms with van der Waals surface area (Å²) >= 11 is 0. The predicted octanol–water partition coefficient (Wildman–Crippen LogP) is 1.33. The molecule has 1 aromatic carbocycles. The largest absolute Gasteiger partial charge is 0.481 e. The molecule has 80 valence electrons. The van der Waals surface area contributed by atoms with Gasteiger partial charge in [-0.05, 0) is 17.2 Å². The highest BCUT2D eigenvalue weighted by Gasteiger charge is 2.12. The van der Waals surface area contributed by atoms with Gasteiger partial charge in [0.05, 0.1) is 6.42 Å². The van der Waals surface area contributed by atoms with Crippen molar-refractivity contribution in [3.63, 3.8) is 0 Å². The summed E-state index contributed by atoms with van der Waals surface area (Å²) in [5, 5.41) is 8.45. The second-order valence-corrected chi connectivity index (χ2v) is 2.98. The van der Waals surface area contributed by atoms with Gasteiger partial charge in [-0.1, -0.05) is 0 Å². The Balaban J connectivity index is 3.10. The molecular formula is C10H8F2O3. The molecule has 0 aliphatic rings. The minimum Gasteiger partial charge on any atom is -0.481 e. The number of carbonyl (C=O) groups excluding carboxylic acids is 1. The molecule has 0 fully saturated rings. The van der Waals surface area contributed by atoms with Crippen molar-refractivity contribution in [1.82, 2.24) is 0 Å². The Hall–Kier alpha value is -1.78. The maximum Gasteiger partial charge on any atom is 0.307 e. The minimum atomic E-state index is -1.21. The Morgan fingerprint density at radius 2 is 1.87 bits per heavy atom. The fraction of sp³-hybridized carbons (Fsp3) is 0.200. The van der Waals surface area contributed by atoms with Crippen LogP contribution < -0.4 is 0 Å². The Morgan fingerprint density at radius 1 is 1.27 bits per heavy atom. The van der Waals surface area contributed by atoms with Crippen LogP contribution >= 0.6 is 0 Å². The van der Waals surface area contributed by atoms with E-state index < -0.39 is 24.0 Å². The van der Waals surface area contributed by atoms with Gasteiger partial charge in [-0.25, -0.2) is 8.78 Å². The number of carbonyl (C=O) groups is 2. The van der Waals surface area contributed by atoms with Gasteiger partial charge in [0.15, 0.2) is 0 Å². The van der Waals surface area contributed by atoms with Crippen molar-refractivity contribution in [3.05, 3.63) is 34.9 Å². The highest BCUT2D eigenvalue weighted by atomic mass is 19.1. The first-order chi connectivity index (χ1) is 7.04. The van der Waals surface area contributed by atoms with Gasteiger partial charge >= 0.3 is 5.97 Å². The second kappa shape index (κ2) is 4.63. The molecule has 0 radical (unpaired) electrons. The van der Waals surface area contributed by atoms with E-state index in [1.807, 2.05) is 0 Å². The van der Waals surface area contributed by atoms with Crippen molar-refractivity contribution in [2.75, 3.05) is 0 Å². The Morgan fingerprint density at radius 3 is 2.40 bits per heavy atom. The molecule has 0 aromatic heterocycles. The molecule has 0 aliphatic carbocycles. The van der Waals surface area contributed by atoms with E-state index in [4.69, 9.17) is 5.11 Å². The van der Waals surface area contributed by atoms with Crippen LogP contribution in [0.15, 0.2) is 12.1 Å².